The number of carbonyl (C=O) groups excluding carboxylic acids is 4. The second-order valence-electron chi connectivity index (χ2n) is 10.1. The number of aromatic hydroxyl groups is 1. The molecule has 37 heavy (non-hydrogen) atoms. The summed E-state index contributed by atoms with van der Waals surface area (Å²) in [6, 6.07) is 10.5. The van der Waals surface area contributed by atoms with Gasteiger partial charge in [0.15, 0.2) is 0 Å². The maximum Gasteiger partial charge on any atom is 0.408 e. The third-order valence-corrected chi connectivity index (χ3v) is 5.73. The highest BCUT2D eigenvalue weighted by Gasteiger charge is 2.44. The van der Waals surface area contributed by atoms with E-state index >= 15 is 0 Å². The molecule has 10 heteroatoms. The molecule has 2 aromatic rings. The van der Waals surface area contributed by atoms with E-state index in [0.717, 1.165) is 5.56 Å². The van der Waals surface area contributed by atoms with Gasteiger partial charge in [0.05, 0.1) is 6.42 Å². The van der Waals surface area contributed by atoms with Gasteiger partial charge in [0.25, 0.3) is 5.91 Å². The van der Waals surface area contributed by atoms with Gasteiger partial charge in [0.2, 0.25) is 11.8 Å². The van der Waals surface area contributed by atoms with Crippen molar-refractivity contribution in [1.82, 2.24) is 10.2 Å². The number of rotatable bonds is 9. The van der Waals surface area contributed by atoms with Gasteiger partial charge in [-0.25, -0.2) is 4.79 Å². The standard InChI is InChI=1S/C27H34N4O6/c1-16-7-5-6-8-20(16)29-24(34)23(17-9-13-19(32)14-10-17)31(18-11-12-18)25(35)21(15-22(28)33)30-26(36)37-27(2,3)4/h5-10,13-14,18,21,23,32H,11-12,15H2,1-4H3,(H2,28,33)(H,29,34)(H,30,36). The van der Waals surface area contributed by atoms with Crippen LogP contribution in [0.15, 0.2) is 48.5 Å². The lowest BCUT2D eigenvalue weighted by Crippen LogP contribution is -2.54. The van der Waals surface area contributed by atoms with Crippen molar-refractivity contribution in [1.29, 1.82) is 0 Å². The number of hydrogen-bond acceptors (Lipinski definition) is 6. The molecule has 10 nitrogen and oxygen atoms in total. The van der Waals surface area contributed by atoms with Crippen LogP contribution in [0.3, 0.4) is 0 Å². The van der Waals surface area contributed by atoms with Crippen LogP contribution in [0.4, 0.5) is 10.5 Å². The highest BCUT2D eigenvalue weighted by atomic mass is 16.6. The maximum absolute atomic E-state index is 13.9. The average Bonchev–Trinajstić information content (AvgIpc) is 3.62. The molecule has 198 valence electrons. The Morgan fingerprint density at radius 2 is 1.70 bits per heavy atom. The fourth-order valence-corrected chi connectivity index (χ4v) is 3.91. The van der Waals surface area contributed by atoms with Crippen molar-refractivity contribution in [2.75, 3.05) is 5.32 Å². The number of phenolic OH excluding ortho intramolecular Hbond substituents is 1. The van der Waals surface area contributed by atoms with E-state index in [2.05, 4.69) is 10.6 Å². The van der Waals surface area contributed by atoms with Crippen LogP contribution in [0.1, 0.15) is 57.2 Å². The topological polar surface area (TPSA) is 151 Å². The number of phenols is 1. The van der Waals surface area contributed by atoms with Gasteiger partial charge in [0.1, 0.15) is 23.4 Å². The normalized spacial score (nSPS) is 14.7. The van der Waals surface area contributed by atoms with Crippen molar-refractivity contribution in [3.05, 3.63) is 59.7 Å². The van der Waals surface area contributed by atoms with Gasteiger partial charge < -0.3 is 31.1 Å². The SMILES string of the molecule is Cc1ccccc1NC(=O)C(c1ccc(O)cc1)N(C(=O)C(CC(N)=O)NC(=O)OC(C)(C)C)C1CC1. The van der Waals surface area contributed by atoms with Crippen molar-refractivity contribution in [2.45, 2.75) is 70.7 Å². The number of nitrogens with zero attached hydrogens (tertiary/aromatic N) is 1. The lowest BCUT2D eigenvalue weighted by Gasteiger charge is -2.34. The number of hydrogen-bond donors (Lipinski definition) is 4. The minimum absolute atomic E-state index is 0.00399. The van der Waals surface area contributed by atoms with Gasteiger partial charge in [-0.05, 0) is 69.9 Å². The summed E-state index contributed by atoms with van der Waals surface area (Å²) in [6.07, 6.45) is -0.0573. The molecule has 2 aromatic carbocycles. The van der Waals surface area contributed by atoms with Crippen LogP contribution in [0.2, 0.25) is 0 Å². The van der Waals surface area contributed by atoms with E-state index in [4.69, 9.17) is 10.5 Å². The van der Waals surface area contributed by atoms with Crippen molar-refractivity contribution < 1.29 is 29.0 Å². The predicted molar refractivity (Wildman–Crippen MR) is 137 cm³/mol. The second-order valence-corrected chi connectivity index (χ2v) is 10.1. The molecule has 2 atom stereocenters. The minimum atomic E-state index is -1.33. The molecular weight excluding hydrogens is 476 g/mol. The Balaban J connectivity index is 1.99. The number of benzene rings is 2. The predicted octanol–water partition coefficient (Wildman–Crippen LogP) is 3.14. The van der Waals surface area contributed by atoms with Crippen molar-refractivity contribution in [2.24, 2.45) is 5.73 Å². The van der Waals surface area contributed by atoms with E-state index in [1.54, 1.807) is 45.0 Å². The molecule has 1 saturated carbocycles. The molecule has 0 heterocycles. The first-order valence-electron chi connectivity index (χ1n) is 12.1. The van der Waals surface area contributed by atoms with E-state index in [0.29, 0.717) is 24.1 Å². The Kier molecular flexibility index (Phi) is 8.42. The second kappa shape index (κ2) is 11.3. The smallest absolute Gasteiger partial charge is 0.408 e. The highest BCUT2D eigenvalue weighted by Crippen LogP contribution is 2.37. The van der Waals surface area contributed by atoms with Crippen molar-refractivity contribution >= 4 is 29.5 Å². The number of aryl methyl sites for hydroxylation is 1. The zero-order valence-corrected chi connectivity index (χ0v) is 21.5. The van der Waals surface area contributed by atoms with Crippen LogP contribution in [-0.2, 0) is 19.1 Å². The molecule has 1 fully saturated rings. The Hall–Kier alpha value is -4.08. The minimum Gasteiger partial charge on any atom is -0.508 e. The molecule has 1 aliphatic rings. The van der Waals surface area contributed by atoms with Crippen LogP contribution < -0.4 is 16.4 Å². The third-order valence-electron chi connectivity index (χ3n) is 5.73. The monoisotopic (exact) mass is 510 g/mol. The third kappa shape index (κ3) is 7.70. The Morgan fingerprint density at radius 1 is 1.08 bits per heavy atom. The number of primary amides is 1. The number of amides is 4. The summed E-state index contributed by atoms with van der Waals surface area (Å²) >= 11 is 0. The summed E-state index contributed by atoms with van der Waals surface area (Å²) < 4.78 is 5.27. The van der Waals surface area contributed by atoms with Crippen LogP contribution in [0.5, 0.6) is 5.75 Å². The molecule has 1 aliphatic carbocycles. The van der Waals surface area contributed by atoms with E-state index in [1.165, 1.54) is 17.0 Å². The lowest BCUT2D eigenvalue weighted by molar-refractivity contribution is -0.142. The first-order chi connectivity index (χ1) is 17.4. The Bertz CT molecular complexity index is 1150. The molecule has 3 rings (SSSR count). The Labute approximate surface area is 216 Å². The van der Waals surface area contributed by atoms with Crippen LogP contribution in [0, 0.1) is 6.92 Å². The zero-order chi connectivity index (χ0) is 27.3. The average molecular weight is 511 g/mol. The first kappa shape index (κ1) is 27.5. The van der Waals surface area contributed by atoms with Gasteiger partial charge in [-0.2, -0.15) is 0 Å². The van der Waals surface area contributed by atoms with Gasteiger partial charge >= 0.3 is 6.09 Å². The number of alkyl carbamates (subject to hydrolysis) is 1. The fraction of sp³-hybridized carbons (Fsp3) is 0.407. The first-order valence-corrected chi connectivity index (χ1v) is 12.1. The molecule has 4 amide bonds. The molecule has 0 radical (unpaired) electrons. The molecule has 0 saturated heterocycles. The number of anilines is 1. The molecule has 2 unspecified atom stereocenters. The number of nitrogens with two attached hydrogens (primary N) is 1. The maximum atomic E-state index is 13.9. The quantitative estimate of drug-likeness (QED) is 0.407. The van der Waals surface area contributed by atoms with Gasteiger partial charge in [-0.3, -0.25) is 14.4 Å². The Morgan fingerprint density at radius 3 is 2.24 bits per heavy atom. The van der Waals surface area contributed by atoms with E-state index < -0.39 is 47.9 Å². The lowest BCUT2D eigenvalue weighted by atomic mass is 10.0. The molecular formula is C27H34N4O6. The van der Waals surface area contributed by atoms with Crippen molar-refractivity contribution in [3.63, 3.8) is 0 Å². The summed E-state index contributed by atoms with van der Waals surface area (Å²) in [5, 5.41) is 15.2. The van der Waals surface area contributed by atoms with E-state index in [1.807, 2.05) is 19.1 Å². The zero-order valence-electron chi connectivity index (χ0n) is 21.5. The molecule has 0 bridgehead atoms. The number of nitrogens with one attached hydrogen (secondary N) is 2. The summed E-state index contributed by atoms with van der Waals surface area (Å²) in [5.74, 6) is -1.90. The fourth-order valence-electron chi connectivity index (χ4n) is 3.91. The number of para-hydroxylation sites is 1. The molecule has 0 aromatic heterocycles. The summed E-state index contributed by atoms with van der Waals surface area (Å²) in [4.78, 5) is 53.3. The molecule has 5 N–H and O–H groups in total. The number of carbonyl (C=O) groups is 4. The number of ether oxygens (including phenoxy) is 1. The van der Waals surface area contributed by atoms with Gasteiger partial charge in [-0.1, -0.05) is 30.3 Å². The van der Waals surface area contributed by atoms with E-state index in [-0.39, 0.29) is 11.8 Å². The van der Waals surface area contributed by atoms with Crippen LogP contribution in [0.25, 0.3) is 0 Å². The highest BCUT2D eigenvalue weighted by molar-refractivity contribution is 6.00. The van der Waals surface area contributed by atoms with Crippen LogP contribution >= 0.6 is 0 Å². The summed E-state index contributed by atoms with van der Waals surface area (Å²) in [6.45, 7) is 6.86. The molecule has 0 spiro atoms. The summed E-state index contributed by atoms with van der Waals surface area (Å²) in [7, 11) is 0. The van der Waals surface area contributed by atoms with Crippen molar-refractivity contribution in [3.8, 4) is 5.75 Å². The largest absolute Gasteiger partial charge is 0.508 e. The van der Waals surface area contributed by atoms with E-state index in [9.17, 15) is 24.3 Å². The van der Waals surface area contributed by atoms with Gasteiger partial charge in [-0.15, -0.1) is 0 Å². The summed E-state index contributed by atoms with van der Waals surface area (Å²) in [5.41, 5.74) is 6.45. The molecule has 0 aliphatic heterocycles. The van der Waals surface area contributed by atoms with Gasteiger partial charge in [0, 0.05) is 11.7 Å². The van der Waals surface area contributed by atoms with Crippen LogP contribution in [-0.4, -0.2) is 51.5 Å².